The van der Waals surface area contributed by atoms with Crippen LogP contribution in [0.5, 0.6) is 0 Å². The highest BCUT2D eigenvalue weighted by Crippen LogP contribution is 2.31. The summed E-state index contributed by atoms with van der Waals surface area (Å²) >= 11 is 0. The van der Waals surface area contributed by atoms with Crippen LogP contribution < -0.4 is 10.2 Å². The number of hydrogen-bond acceptors (Lipinski definition) is 3. The van der Waals surface area contributed by atoms with Crippen molar-refractivity contribution in [1.82, 2.24) is 5.32 Å². The molecule has 0 aliphatic carbocycles. The lowest BCUT2D eigenvalue weighted by atomic mass is 9.84. The van der Waals surface area contributed by atoms with Gasteiger partial charge in [0.1, 0.15) is 5.67 Å². The fourth-order valence-corrected chi connectivity index (χ4v) is 3.17. The Morgan fingerprint density at radius 1 is 1.48 bits per heavy atom. The van der Waals surface area contributed by atoms with Crippen molar-refractivity contribution in [3.05, 3.63) is 28.8 Å². The number of aryl methyl sites for hydroxylation is 2. The first-order chi connectivity index (χ1) is 10.8. The number of carbonyl (C=O) groups is 2. The van der Waals surface area contributed by atoms with E-state index in [4.69, 9.17) is 0 Å². The topological polar surface area (TPSA) is 69.6 Å². The minimum absolute atomic E-state index is 0.245. The van der Waals surface area contributed by atoms with Crippen LogP contribution in [0.4, 0.5) is 10.1 Å². The molecule has 1 fully saturated rings. The van der Waals surface area contributed by atoms with Crippen LogP contribution in [0.1, 0.15) is 34.8 Å². The zero-order valence-corrected chi connectivity index (χ0v) is 13.7. The number of rotatable bonds is 5. The maximum absolute atomic E-state index is 14.6. The quantitative estimate of drug-likeness (QED) is 0.816. The van der Waals surface area contributed by atoms with Crippen LogP contribution in [0.15, 0.2) is 12.1 Å². The number of hydrogen-bond donors (Lipinski definition) is 2. The third-order valence-electron chi connectivity index (χ3n) is 4.64. The van der Waals surface area contributed by atoms with E-state index in [9.17, 15) is 19.1 Å². The minimum atomic E-state index is -1.32. The summed E-state index contributed by atoms with van der Waals surface area (Å²) < 4.78 is 14.6. The van der Waals surface area contributed by atoms with Gasteiger partial charge in [-0.3, -0.25) is 4.79 Å². The van der Waals surface area contributed by atoms with E-state index in [1.807, 2.05) is 0 Å². The number of halogens is 1. The molecule has 0 aromatic heterocycles. The smallest absolute Gasteiger partial charge is 0.336 e. The zero-order valence-electron chi connectivity index (χ0n) is 13.7. The average molecular weight is 322 g/mol. The molecule has 2 unspecified atom stereocenters. The van der Waals surface area contributed by atoms with Crippen molar-refractivity contribution in [2.24, 2.45) is 5.92 Å². The maximum Gasteiger partial charge on any atom is 0.336 e. The van der Waals surface area contributed by atoms with E-state index in [1.54, 1.807) is 32.9 Å². The molecule has 2 N–H and O–H groups in total. The molecular weight excluding hydrogens is 299 g/mol. The second-order valence-electron chi connectivity index (χ2n) is 6.45. The van der Waals surface area contributed by atoms with Crippen LogP contribution in [0.25, 0.3) is 0 Å². The van der Waals surface area contributed by atoms with Crippen LogP contribution in [-0.2, 0) is 4.79 Å². The standard InChI is InChI=1S/C17H23FN2O3/c1-11-6-14(7-12(2)15(11)16(22)23)20(10-21)9-13-8-19-5-4-17(13,3)18/h6-7,10,13,19H,4-5,8-9H2,1-3H3,(H,22,23). The van der Waals surface area contributed by atoms with Crippen molar-refractivity contribution in [3.63, 3.8) is 0 Å². The Bertz CT molecular complexity index is 593. The number of nitrogens with zero attached hydrogens (tertiary/aromatic N) is 1. The molecule has 0 saturated carbocycles. The summed E-state index contributed by atoms with van der Waals surface area (Å²) in [7, 11) is 0. The van der Waals surface area contributed by atoms with Gasteiger partial charge in [-0.15, -0.1) is 0 Å². The largest absolute Gasteiger partial charge is 0.478 e. The molecule has 23 heavy (non-hydrogen) atoms. The highest BCUT2D eigenvalue weighted by molar-refractivity contribution is 5.92. The molecule has 6 heteroatoms. The number of carbonyl (C=O) groups excluding carboxylic acids is 1. The van der Waals surface area contributed by atoms with E-state index in [-0.39, 0.29) is 18.0 Å². The summed E-state index contributed by atoms with van der Waals surface area (Å²) in [4.78, 5) is 24.2. The maximum atomic E-state index is 14.6. The highest BCUT2D eigenvalue weighted by Gasteiger charge is 2.37. The van der Waals surface area contributed by atoms with Crippen molar-refractivity contribution < 1.29 is 19.1 Å². The lowest BCUT2D eigenvalue weighted by molar-refractivity contribution is -0.107. The van der Waals surface area contributed by atoms with Gasteiger partial charge in [0.15, 0.2) is 0 Å². The van der Waals surface area contributed by atoms with Gasteiger partial charge in [-0.05, 0) is 57.0 Å². The number of nitrogens with one attached hydrogen (secondary N) is 1. The van der Waals surface area contributed by atoms with E-state index in [1.165, 1.54) is 4.90 Å². The molecule has 1 aliphatic rings. The molecule has 2 atom stereocenters. The molecule has 126 valence electrons. The zero-order chi connectivity index (χ0) is 17.2. The number of benzene rings is 1. The second kappa shape index (κ2) is 6.66. The molecule has 2 rings (SSSR count). The van der Waals surface area contributed by atoms with Crippen LogP contribution in [0, 0.1) is 19.8 Å². The van der Waals surface area contributed by atoms with E-state index in [0.717, 1.165) is 0 Å². The van der Waals surface area contributed by atoms with Gasteiger partial charge in [0.2, 0.25) is 6.41 Å². The lowest BCUT2D eigenvalue weighted by Crippen LogP contribution is -2.50. The summed E-state index contributed by atoms with van der Waals surface area (Å²) in [6.45, 7) is 6.38. The summed E-state index contributed by atoms with van der Waals surface area (Å²) in [6.07, 6.45) is 1.10. The molecule has 5 nitrogen and oxygen atoms in total. The third-order valence-corrected chi connectivity index (χ3v) is 4.64. The van der Waals surface area contributed by atoms with Crippen LogP contribution >= 0.6 is 0 Å². The normalized spacial score (nSPS) is 24.3. The predicted molar refractivity (Wildman–Crippen MR) is 86.8 cm³/mol. The van der Waals surface area contributed by atoms with Gasteiger partial charge < -0.3 is 15.3 Å². The van der Waals surface area contributed by atoms with E-state index >= 15 is 0 Å². The van der Waals surface area contributed by atoms with Gasteiger partial charge in [0.05, 0.1) is 5.56 Å². The molecule has 1 aromatic carbocycles. The number of carboxylic acid groups (broad SMARTS) is 1. The number of amides is 1. The Morgan fingerprint density at radius 2 is 2.09 bits per heavy atom. The number of piperidine rings is 1. The molecule has 1 amide bonds. The first kappa shape index (κ1) is 17.4. The minimum Gasteiger partial charge on any atom is -0.478 e. The summed E-state index contributed by atoms with van der Waals surface area (Å²) in [5, 5.41) is 12.4. The molecule has 0 bridgehead atoms. The van der Waals surface area contributed by atoms with Gasteiger partial charge >= 0.3 is 5.97 Å². The molecule has 0 spiro atoms. The monoisotopic (exact) mass is 322 g/mol. The van der Waals surface area contributed by atoms with Gasteiger partial charge in [-0.2, -0.15) is 0 Å². The van der Waals surface area contributed by atoms with Crippen LogP contribution in [0.2, 0.25) is 0 Å². The Labute approximate surface area is 135 Å². The fourth-order valence-electron chi connectivity index (χ4n) is 3.17. The molecular formula is C17H23FN2O3. The summed E-state index contributed by atoms with van der Waals surface area (Å²) in [6, 6.07) is 3.33. The Balaban J connectivity index is 2.28. The average Bonchev–Trinajstić information content (AvgIpc) is 2.44. The highest BCUT2D eigenvalue weighted by atomic mass is 19.1. The van der Waals surface area contributed by atoms with E-state index in [2.05, 4.69) is 5.32 Å². The second-order valence-corrected chi connectivity index (χ2v) is 6.45. The number of alkyl halides is 1. The number of anilines is 1. The Morgan fingerprint density at radius 3 is 2.57 bits per heavy atom. The van der Waals surface area contributed by atoms with Gasteiger partial charge in [-0.1, -0.05) is 0 Å². The molecule has 1 saturated heterocycles. The van der Waals surface area contributed by atoms with Gasteiger partial charge in [-0.25, -0.2) is 9.18 Å². The van der Waals surface area contributed by atoms with Crippen molar-refractivity contribution in [2.75, 3.05) is 24.5 Å². The van der Waals surface area contributed by atoms with Crippen molar-refractivity contribution in [2.45, 2.75) is 32.9 Å². The van der Waals surface area contributed by atoms with E-state index in [0.29, 0.717) is 42.7 Å². The summed E-state index contributed by atoms with van der Waals surface area (Å²) in [5.41, 5.74) is 0.696. The molecule has 0 radical (unpaired) electrons. The van der Waals surface area contributed by atoms with Gasteiger partial charge in [0.25, 0.3) is 0 Å². The van der Waals surface area contributed by atoms with Gasteiger partial charge in [0, 0.05) is 24.7 Å². The number of aromatic carboxylic acids is 1. The lowest BCUT2D eigenvalue weighted by Gasteiger charge is -2.37. The SMILES string of the molecule is Cc1cc(N(C=O)CC2CNCCC2(C)F)cc(C)c1C(=O)O. The first-order valence-corrected chi connectivity index (χ1v) is 7.72. The molecule has 1 aliphatic heterocycles. The number of carboxylic acids is 1. The molecule has 1 aromatic rings. The van der Waals surface area contributed by atoms with E-state index < -0.39 is 11.6 Å². The molecule has 1 heterocycles. The van der Waals surface area contributed by atoms with Crippen molar-refractivity contribution in [3.8, 4) is 0 Å². The summed E-state index contributed by atoms with van der Waals surface area (Å²) in [5.74, 6) is -1.29. The third kappa shape index (κ3) is 3.69. The Kier molecular flexibility index (Phi) is 5.04. The fraction of sp³-hybridized carbons (Fsp3) is 0.529. The Hall–Kier alpha value is -1.95. The first-order valence-electron chi connectivity index (χ1n) is 7.72. The van der Waals surface area contributed by atoms with Crippen molar-refractivity contribution in [1.29, 1.82) is 0 Å². The van der Waals surface area contributed by atoms with Crippen molar-refractivity contribution >= 4 is 18.1 Å². The predicted octanol–water partition coefficient (Wildman–Crippen LogP) is 2.30. The van der Waals surface area contributed by atoms with Crippen LogP contribution in [0.3, 0.4) is 0 Å². The van der Waals surface area contributed by atoms with Crippen LogP contribution in [-0.4, -0.2) is 42.8 Å².